The van der Waals surface area contributed by atoms with Crippen LogP contribution in [0.5, 0.6) is 0 Å². The maximum atomic E-state index is 11.1. The van der Waals surface area contributed by atoms with Gasteiger partial charge in [0.25, 0.3) is 5.91 Å². The van der Waals surface area contributed by atoms with Gasteiger partial charge in [-0.15, -0.1) is 0 Å². The molecule has 0 fully saturated rings. The van der Waals surface area contributed by atoms with Crippen molar-refractivity contribution in [1.82, 2.24) is 10.3 Å². The highest BCUT2D eigenvalue weighted by molar-refractivity contribution is 5.92. The summed E-state index contributed by atoms with van der Waals surface area (Å²) >= 11 is 0. The summed E-state index contributed by atoms with van der Waals surface area (Å²) in [6, 6.07) is 5.37. The van der Waals surface area contributed by atoms with Crippen LogP contribution in [-0.2, 0) is 0 Å². The third kappa shape index (κ3) is 2.13. The van der Waals surface area contributed by atoms with Crippen molar-refractivity contribution < 1.29 is 4.79 Å². The topological polar surface area (TPSA) is 68.7 Å². The number of carbonyl (C=O) groups is 1. The quantitative estimate of drug-likeness (QED) is 0.642. The Morgan fingerprint density at radius 1 is 1.75 bits per heavy atom. The number of nitrogens with one attached hydrogen (secondary N) is 2. The maximum Gasteiger partial charge on any atom is 0.267 e. The zero-order valence-corrected chi connectivity index (χ0v) is 6.50. The molecule has 62 valence electrons. The van der Waals surface area contributed by atoms with Gasteiger partial charge in [-0.1, -0.05) is 0 Å². The van der Waals surface area contributed by atoms with Gasteiger partial charge in [0, 0.05) is 12.7 Å². The molecule has 0 atom stereocenters. The second-order valence-corrected chi connectivity index (χ2v) is 2.25. The van der Waals surface area contributed by atoms with Crippen molar-refractivity contribution in [1.29, 1.82) is 5.26 Å². The Labute approximate surface area is 70.2 Å². The molecule has 1 rings (SSSR count). The number of hydrogen-bond donors (Lipinski definition) is 2. The molecule has 0 aromatic carbocycles. The lowest BCUT2D eigenvalue weighted by Gasteiger charge is -1.98. The molecule has 2 N–H and O–H groups in total. The molecule has 0 bridgehead atoms. The van der Waals surface area contributed by atoms with Crippen molar-refractivity contribution in [3.05, 3.63) is 24.0 Å². The number of nitrogens with zero attached hydrogens (tertiary/aromatic N) is 1. The number of aromatic nitrogens is 1. The number of nitriles is 1. The van der Waals surface area contributed by atoms with Crippen LogP contribution in [0.4, 0.5) is 0 Å². The van der Waals surface area contributed by atoms with Gasteiger partial charge in [0.1, 0.15) is 5.69 Å². The summed E-state index contributed by atoms with van der Waals surface area (Å²) in [5, 5.41) is 10.8. The number of aromatic amines is 1. The molecule has 0 aliphatic heterocycles. The Morgan fingerprint density at radius 3 is 3.17 bits per heavy atom. The molecule has 0 saturated carbocycles. The van der Waals surface area contributed by atoms with Crippen molar-refractivity contribution in [2.24, 2.45) is 0 Å². The molecule has 1 aromatic rings. The van der Waals surface area contributed by atoms with Gasteiger partial charge in [0.2, 0.25) is 0 Å². The van der Waals surface area contributed by atoms with Crippen molar-refractivity contribution in [2.45, 2.75) is 6.42 Å². The van der Waals surface area contributed by atoms with E-state index >= 15 is 0 Å². The van der Waals surface area contributed by atoms with Crippen LogP contribution < -0.4 is 5.32 Å². The highest BCUT2D eigenvalue weighted by Crippen LogP contribution is 1.92. The summed E-state index contributed by atoms with van der Waals surface area (Å²) in [6.07, 6.45) is 2.02. The second kappa shape index (κ2) is 4.19. The van der Waals surface area contributed by atoms with Crippen LogP contribution in [-0.4, -0.2) is 17.4 Å². The van der Waals surface area contributed by atoms with E-state index in [1.165, 1.54) is 0 Å². The summed E-state index contributed by atoms with van der Waals surface area (Å²) in [5.74, 6) is -0.171. The van der Waals surface area contributed by atoms with E-state index in [2.05, 4.69) is 10.3 Å². The van der Waals surface area contributed by atoms with E-state index < -0.39 is 0 Å². The molecule has 0 aliphatic rings. The zero-order valence-electron chi connectivity index (χ0n) is 6.50. The molecule has 4 heteroatoms. The lowest BCUT2D eigenvalue weighted by molar-refractivity contribution is 0.0950. The van der Waals surface area contributed by atoms with Gasteiger partial charge in [-0.25, -0.2) is 0 Å². The van der Waals surface area contributed by atoms with E-state index in [9.17, 15) is 4.79 Å². The van der Waals surface area contributed by atoms with E-state index in [0.29, 0.717) is 18.7 Å². The third-order valence-corrected chi connectivity index (χ3v) is 1.36. The van der Waals surface area contributed by atoms with Crippen LogP contribution in [0.15, 0.2) is 18.3 Å². The molecule has 0 aliphatic carbocycles. The predicted molar refractivity (Wildman–Crippen MR) is 43.4 cm³/mol. The molecule has 1 aromatic heterocycles. The fraction of sp³-hybridized carbons (Fsp3) is 0.250. The second-order valence-electron chi connectivity index (χ2n) is 2.25. The number of amides is 1. The summed E-state index contributed by atoms with van der Waals surface area (Å²) in [7, 11) is 0. The van der Waals surface area contributed by atoms with Crippen molar-refractivity contribution in [3.63, 3.8) is 0 Å². The molecule has 12 heavy (non-hydrogen) atoms. The SMILES string of the molecule is N#CCCNC(=O)c1ccc[nH]1. The average molecular weight is 163 g/mol. The van der Waals surface area contributed by atoms with E-state index in [1.54, 1.807) is 18.3 Å². The lowest BCUT2D eigenvalue weighted by Crippen LogP contribution is -2.24. The molecule has 0 radical (unpaired) electrons. The van der Waals surface area contributed by atoms with Crippen LogP contribution >= 0.6 is 0 Å². The molecular weight excluding hydrogens is 154 g/mol. The van der Waals surface area contributed by atoms with Gasteiger partial charge in [-0.05, 0) is 12.1 Å². The van der Waals surface area contributed by atoms with Gasteiger partial charge in [0.05, 0.1) is 12.5 Å². The first-order valence-corrected chi connectivity index (χ1v) is 3.63. The number of H-pyrrole nitrogens is 1. The van der Waals surface area contributed by atoms with E-state index in [4.69, 9.17) is 5.26 Å². The molecule has 0 unspecified atom stereocenters. The number of rotatable bonds is 3. The predicted octanol–water partition coefficient (Wildman–Crippen LogP) is 0.658. The van der Waals surface area contributed by atoms with E-state index in [0.717, 1.165) is 0 Å². The highest BCUT2D eigenvalue weighted by atomic mass is 16.1. The van der Waals surface area contributed by atoms with E-state index in [-0.39, 0.29) is 5.91 Å². The number of hydrogen-bond acceptors (Lipinski definition) is 2. The van der Waals surface area contributed by atoms with Crippen LogP contribution in [0, 0.1) is 11.3 Å². The molecular formula is C8H9N3O. The maximum absolute atomic E-state index is 11.1. The van der Waals surface area contributed by atoms with E-state index in [1.807, 2.05) is 6.07 Å². The summed E-state index contributed by atoms with van der Waals surface area (Å²) in [5.41, 5.74) is 0.521. The lowest BCUT2D eigenvalue weighted by atomic mass is 10.4. The normalized spacial score (nSPS) is 8.92. The van der Waals surface area contributed by atoms with Crippen LogP contribution in [0.1, 0.15) is 16.9 Å². The zero-order chi connectivity index (χ0) is 8.81. The molecule has 1 heterocycles. The first-order chi connectivity index (χ1) is 5.84. The van der Waals surface area contributed by atoms with Gasteiger partial charge >= 0.3 is 0 Å². The largest absolute Gasteiger partial charge is 0.357 e. The Morgan fingerprint density at radius 2 is 2.58 bits per heavy atom. The van der Waals surface area contributed by atoms with Crippen LogP contribution in [0.25, 0.3) is 0 Å². The minimum absolute atomic E-state index is 0.171. The molecule has 0 spiro atoms. The van der Waals surface area contributed by atoms with Gasteiger partial charge in [-0.3, -0.25) is 4.79 Å². The Balaban J connectivity index is 2.36. The van der Waals surface area contributed by atoms with Crippen molar-refractivity contribution in [2.75, 3.05) is 6.54 Å². The summed E-state index contributed by atoms with van der Waals surface area (Å²) in [4.78, 5) is 13.9. The van der Waals surface area contributed by atoms with Crippen LogP contribution in [0.3, 0.4) is 0 Å². The molecule has 1 amide bonds. The number of carbonyl (C=O) groups excluding carboxylic acids is 1. The summed E-state index contributed by atoms with van der Waals surface area (Å²) in [6.45, 7) is 0.397. The third-order valence-electron chi connectivity index (χ3n) is 1.36. The monoisotopic (exact) mass is 163 g/mol. The first-order valence-electron chi connectivity index (χ1n) is 3.63. The fourth-order valence-corrected chi connectivity index (χ4v) is 0.799. The minimum atomic E-state index is -0.171. The fourth-order valence-electron chi connectivity index (χ4n) is 0.799. The summed E-state index contributed by atoms with van der Waals surface area (Å²) < 4.78 is 0. The highest BCUT2D eigenvalue weighted by Gasteiger charge is 2.02. The Bertz CT molecular complexity index is 284. The van der Waals surface area contributed by atoms with Gasteiger partial charge in [-0.2, -0.15) is 5.26 Å². The van der Waals surface area contributed by atoms with Crippen LogP contribution in [0.2, 0.25) is 0 Å². The van der Waals surface area contributed by atoms with Crippen molar-refractivity contribution in [3.8, 4) is 6.07 Å². The first kappa shape index (κ1) is 8.34. The standard InChI is InChI=1S/C8H9N3O/c9-4-2-6-11-8(12)7-3-1-5-10-7/h1,3,5,10H,2,6H2,(H,11,12). The van der Waals surface area contributed by atoms with Gasteiger partial charge < -0.3 is 10.3 Å². The van der Waals surface area contributed by atoms with Crippen molar-refractivity contribution >= 4 is 5.91 Å². The Hall–Kier alpha value is -1.76. The smallest absolute Gasteiger partial charge is 0.267 e. The van der Waals surface area contributed by atoms with Gasteiger partial charge in [0.15, 0.2) is 0 Å². The minimum Gasteiger partial charge on any atom is -0.357 e. The molecule has 0 saturated heterocycles. The molecule has 4 nitrogen and oxygen atoms in total. The Kier molecular flexibility index (Phi) is 2.91. The average Bonchev–Trinajstić information content (AvgIpc) is 2.56.